The summed E-state index contributed by atoms with van der Waals surface area (Å²) in [6.07, 6.45) is 8.50. The number of rotatable bonds is 11. The highest BCUT2D eigenvalue weighted by molar-refractivity contribution is 6.20. The Hall–Kier alpha value is -2.17. The van der Waals surface area contributed by atoms with E-state index in [2.05, 4.69) is 12.2 Å². The molecule has 1 N–H and O–H groups in total. The summed E-state index contributed by atoms with van der Waals surface area (Å²) >= 11 is 0. The summed E-state index contributed by atoms with van der Waals surface area (Å²) < 4.78 is 0. The fraction of sp³-hybridized carbons (Fsp3) is 0.625. The Morgan fingerprint density at radius 1 is 1.00 bits per heavy atom. The van der Waals surface area contributed by atoms with Crippen LogP contribution in [0.4, 0.5) is 5.69 Å². The van der Waals surface area contributed by atoms with E-state index in [4.69, 9.17) is 0 Å². The monoisotopic (exact) mass is 402 g/mol. The van der Waals surface area contributed by atoms with Crippen LogP contribution in [0.3, 0.4) is 0 Å². The number of hydrogen-bond acceptors (Lipinski definition) is 3. The second kappa shape index (κ2) is 13.9. The molecule has 1 atom stereocenters. The highest BCUT2D eigenvalue weighted by Gasteiger charge is 2.38. The standard InChI is InChI=1S/C22H32N2O3.C2H6/c1-3-5-6-7-8-9-14-23-20(25)15-17-10-12-19(13-11-17)24-21(26)16-18(4-2)22(24)27;1-2/h10-13,18H,3-9,14-16H2,1-2H3,(H,23,25);1-2H3. The Balaban J connectivity index is 0.00000204. The van der Waals surface area contributed by atoms with Crippen molar-refractivity contribution in [3.8, 4) is 0 Å². The first-order chi connectivity index (χ1) is 14.1. The number of hydrogen-bond donors (Lipinski definition) is 1. The summed E-state index contributed by atoms with van der Waals surface area (Å²) in [5.41, 5.74) is 1.47. The Labute approximate surface area is 176 Å². The SMILES string of the molecule is CC.CCCCCCCCNC(=O)Cc1ccc(N2C(=O)CC(CC)C2=O)cc1. The number of nitrogens with zero attached hydrogens (tertiary/aromatic N) is 1. The minimum absolute atomic E-state index is 0.00989. The van der Waals surface area contributed by atoms with E-state index in [1.165, 1.54) is 30.6 Å². The van der Waals surface area contributed by atoms with Crippen LogP contribution in [0.15, 0.2) is 24.3 Å². The van der Waals surface area contributed by atoms with Crippen LogP contribution in [0.25, 0.3) is 0 Å². The van der Waals surface area contributed by atoms with Gasteiger partial charge in [0.05, 0.1) is 12.1 Å². The maximum absolute atomic E-state index is 12.3. The third-order valence-corrected chi connectivity index (χ3v) is 5.14. The summed E-state index contributed by atoms with van der Waals surface area (Å²) in [6, 6.07) is 7.15. The molecule has 1 fully saturated rings. The van der Waals surface area contributed by atoms with E-state index in [9.17, 15) is 14.4 Å². The number of imide groups is 1. The Kier molecular flexibility index (Phi) is 11.9. The topological polar surface area (TPSA) is 66.5 Å². The zero-order valence-corrected chi connectivity index (χ0v) is 18.6. The van der Waals surface area contributed by atoms with Crippen molar-refractivity contribution in [2.75, 3.05) is 11.4 Å². The average Bonchev–Trinajstić information content (AvgIpc) is 3.03. The van der Waals surface area contributed by atoms with Crippen molar-refractivity contribution in [3.63, 3.8) is 0 Å². The Bertz CT molecular complexity index is 640. The lowest BCUT2D eigenvalue weighted by Crippen LogP contribution is -2.30. The minimum atomic E-state index is -0.204. The lowest BCUT2D eigenvalue weighted by molar-refractivity contribution is -0.122. The third kappa shape index (κ3) is 8.00. The molecule has 0 aromatic heterocycles. The van der Waals surface area contributed by atoms with E-state index in [1.54, 1.807) is 12.1 Å². The van der Waals surface area contributed by atoms with Gasteiger partial charge >= 0.3 is 0 Å². The number of unbranched alkanes of at least 4 members (excludes halogenated alkanes) is 5. The summed E-state index contributed by atoms with van der Waals surface area (Å²) in [6.45, 7) is 8.85. The molecule has 1 aromatic rings. The molecule has 1 unspecified atom stereocenters. The largest absolute Gasteiger partial charge is 0.356 e. The molecule has 1 aromatic carbocycles. The summed E-state index contributed by atoms with van der Waals surface area (Å²) in [5.74, 6) is -0.455. The first-order valence-corrected chi connectivity index (χ1v) is 11.3. The number of carbonyl (C=O) groups excluding carboxylic acids is 3. The van der Waals surface area contributed by atoms with Gasteiger partial charge in [0.2, 0.25) is 17.7 Å². The van der Waals surface area contributed by atoms with Crippen LogP contribution >= 0.6 is 0 Å². The first-order valence-electron chi connectivity index (χ1n) is 11.3. The number of carbonyl (C=O) groups is 3. The zero-order chi connectivity index (χ0) is 21.6. The van der Waals surface area contributed by atoms with Crippen molar-refractivity contribution in [1.82, 2.24) is 5.32 Å². The predicted molar refractivity (Wildman–Crippen MR) is 119 cm³/mol. The Morgan fingerprint density at radius 3 is 2.21 bits per heavy atom. The van der Waals surface area contributed by atoms with Crippen LogP contribution in [0.2, 0.25) is 0 Å². The van der Waals surface area contributed by atoms with E-state index >= 15 is 0 Å². The highest BCUT2D eigenvalue weighted by atomic mass is 16.2. The van der Waals surface area contributed by atoms with Gasteiger partial charge in [0.15, 0.2) is 0 Å². The van der Waals surface area contributed by atoms with Gasteiger partial charge in [-0.1, -0.05) is 71.9 Å². The van der Waals surface area contributed by atoms with Crippen molar-refractivity contribution in [2.45, 2.75) is 85.5 Å². The van der Waals surface area contributed by atoms with Crippen LogP contribution < -0.4 is 10.2 Å². The normalized spacial score (nSPS) is 15.9. The van der Waals surface area contributed by atoms with E-state index in [-0.39, 0.29) is 30.1 Å². The molecule has 2 rings (SSSR count). The molecule has 5 heteroatoms. The Morgan fingerprint density at radius 2 is 1.62 bits per heavy atom. The van der Waals surface area contributed by atoms with Crippen molar-refractivity contribution in [3.05, 3.63) is 29.8 Å². The second-order valence-corrected chi connectivity index (χ2v) is 7.34. The van der Waals surface area contributed by atoms with E-state index in [0.29, 0.717) is 18.5 Å². The van der Waals surface area contributed by atoms with Crippen LogP contribution in [0.1, 0.15) is 84.6 Å². The summed E-state index contributed by atoms with van der Waals surface area (Å²) in [7, 11) is 0. The van der Waals surface area contributed by atoms with Crippen LogP contribution in [-0.2, 0) is 20.8 Å². The molecule has 0 radical (unpaired) electrons. The predicted octanol–water partition coefficient (Wildman–Crippen LogP) is 5.02. The van der Waals surface area contributed by atoms with Gasteiger partial charge < -0.3 is 5.32 Å². The highest BCUT2D eigenvalue weighted by Crippen LogP contribution is 2.28. The lowest BCUT2D eigenvalue weighted by atomic mass is 10.1. The zero-order valence-electron chi connectivity index (χ0n) is 18.6. The van der Waals surface area contributed by atoms with Gasteiger partial charge in [-0.3, -0.25) is 19.3 Å². The van der Waals surface area contributed by atoms with E-state index in [1.807, 2.05) is 32.9 Å². The van der Waals surface area contributed by atoms with Crippen molar-refractivity contribution in [2.24, 2.45) is 5.92 Å². The molecule has 29 heavy (non-hydrogen) atoms. The number of benzene rings is 1. The summed E-state index contributed by atoms with van der Waals surface area (Å²) in [5, 5.41) is 2.96. The van der Waals surface area contributed by atoms with Gasteiger partial charge in [-0.2, -0.15) is 0 Å². The number of amides is 3. The first kappa shape index (κ1) is 24.9. The quantitative estimate of drug-likeness (QED) is 0.417. The van der Waals surface area contributed by atoms with Gasteiger partial charge in [-0.15, -0.1) is 0 Å². The van der Waals surface area contributed by atoms with Gasteiger partial charge in [0.25, 0.3) is 0 Å². The molecular weight excluding hydrogens is 364 g/mol. The van der Waals surface area contributed by atoms with Crippen molar-refractivity contribution in [1.29, 1.82) is 0 Å². The lowest BCUT2D eigenvalue weighted by Gasteiger charge is -2.15. The molecule has 1 saturated heterocycles. The maximum Gasteiger partial charge on any atom is 0.237 e. The number of anilines is 1. The molecule has 0 saturated carbocycles. The molecule has 1 aliphatic heterocycles. The van der Waals surface area contributed by atoms with Crippen LogP contribution in [0.5, 0.6) is 0 Å². The average molecular weight is 403 g/mol. The van der Waals surface area contributed by atoms with E-state index < -0.39 is 0 Å². The second-order valence-electron chi connectivity index (χ2n) is 7.34. The molecule has 0 spiro atoms. The number of nitrogens with one attached hydrogen (secondary N) is 1. The molecule has 0 bridgehead atoms. The van der Waals surface area contributed by atoms with Crippen LogP contribution in [0, 0.1) is 5.92 Å². The molecule has 1 heterocycles. The van der Waals surface area contributed by atoms with Gasteiger partial charge in [0.1, 0.15) is 0 Å². The molecule has 3 amide bonds. The fourth-order valence-electron chi connectivity index (χ4n) is 3.43. The maximum atomic E-state index is 12.3. The molecular formula is C24H38N2O3. The molecule has 0 aliphatic carbocycles. The van der Waals surface area contributed by atoms with Gasteiger partial charge in [-0.25, -0.2) is 0 Å². The summed E-state index contributed by atoms with van der Waals surface area (Å²) in [4.78, 5) is 37.7. The van der Waals surface area contributed by atoms with E-state index in [0.717, 1.165) is 24.9 Å². The van der Waals surface area contributed by atoms with Gasteiger partial charge in [0, 0.05) is 18.9 Å². The van der Waals surface area contributed by atoms with Crippen molar-refractivity contribution < 1.29 is 14.4 Å². The molecule has 1 aliphatic rings. The smallest absolute Gasteiger partial charge is 0.237 e. The fourth-order valence-corrected chi connectivity index (χ4v) is 3.43. The van der Waals surface area contributed by atoms with Crippen molar-refractivity contribution >= 4 is 23.4 Å². The van der Waals surface area contributed by atoms with Crippen LogP contribution in [-0.4, -0.2) is 24.3 Å². The van der Waals surface area contributed by atoms with Gasteiger partial charge in [-0.05, 0) is 30.5 Å². The third-order valence-electron chi connectivity index (χ3n) is 5.14. The molecule has 5 nitrogen and oxygen atoms in total. The minimum Gasteiger partial charge on any atom is -0.356 e. The molecule has 162 valence electrons.